The molecule has 0 spiro atoms. The third kappa shape index (κ3) is 6.13. The molecule has 2 heterocycles. The Bertz CT molecular complexity index is 1440. The Labute approximate surface area is 233 Å². The molecular weight excluding hydrogens is 534 g/mol. The maximum absolute atomic E-state index is 13.2. The molecule has 1 fully saturated rings. The van der Waals surface area contributed by atoms with Crippen molar-refractivity contribution in [3.63, 3.8) is 0 Å². The number of rotatable bonds is 8. The van der Waals surface area contributed by atoms with Crippen molar-refractivity contribution in [3.8, 4) is 0 Å². The van der Waals surface area contributed by atoms with E-state index in [0.29, 0.717) is 30.9 Å². The van der Waals surface area contributed by atoms with E-state index in [1.807, 2.05) is 36.4 Å². The third-order valence-corrected chi connectivity index (χ3v) is 10.0. The van der Waals surface area contributed by atoms with E-state index in [-0.39, 0.29) is 11.3 Å². The summed E-state index contributed by atoms with van der Waals surface area (Å²) in [6.45, 7) is 2.69. The second-order valence-corrected chi connectivity index (χ2v) is 12.6. The minimum absolute atomic E-state index is 0.101. The Kier molecular flexibility index (Phi) is 8.25. The molecule has 3 aromatic carbocycles. The number of hydrogen-bond acceptors (Lipinski definition) is 7. The first-order chi connectivity index (χ1) is 18.8. The van der Waals surface area contributed by atoms with E-state index in [1.54, 1.807) is 30.8 Å². The first kappa shape index (κ1) is 27.2. The summed E-state index contributed by atoms with van der Waals surface area (Å²) >= 11 is 1.70. The summed E-state index contributed by atoms with van der Waals surface area (Å²) in [7, 11) is -3.65. The summed E-state index contributed by atoms with van der Waals surface area (Å²) in [5, 5.41) is 2.66. The van der Waals surface area contributed by atoms with Crippen molar-refractivity contribution >= 4 is 50.7 Å². The first-order valence-corrected chi connectivity index (χ1v) is 15.3. The molecule has 0 bridgehead atoms. The van der Waals surface area contributed by atoms with Gasteiger partial charge in [0.15, 0.2) is 6.61 Å². The number of aryl methyl sites for hydroxylation is 1. The number of hydrogen-bond donors (Lipinski definition) is 1. The predicted octanol–water partition coefficient (Wildman–Crippen LogP) is 5.34. The zero-order valence-corrected chi connectivity index (χ0v) is 23.4. The van der Waals surface area contributed by atoms with Crippen LogP contribution in [-0.2, 0) is 24.3 Å². The van der Waals surface area contributed by atoms with E-state index in [2.05, 4.69) is 22.3 Å². The van der Waals surface area contributed by atoms with E-state index in [9.17, 15) is 18.0 Å². The van der Waals surface area contributed by atoms with Crippen molar-refractivity contribution in [1.82, 2.24) is 4.31 Å². The number of ether oxygens (including phenoxy) is 1. The highest BCUT2D eigenvalue weighted by Gasteiger charge is 2.28. The van der Waals surface area contributed by atoms with Gasteiger partial charge in [-0.1, -0.05) is 48.5 Å². The number of sulfonamides is 1. The van der Waals surface area contributed by atoms with Crippen LogP contribution in [0.15, 0.2) is 81.4 Å². The van der Waals surface area contributed by atoms with Gasteiger partial charge in [-0.25, -0.2) is 8.42 Å². The lowest BCUT2D eigenvalue weighted by Crippen LogP contribution is -2.36. The van der Waals surface area contributed by atoms with Crippen molar-refractivity contribution in [2.75, 3.05) is 36.5 Å². The van der Waals surface area contributed by atoms with E-state index in [0.717, 1.165) is 40.4 Å². The molecule has 0 aliphatic carbocycles. The van der Waals surface area contributed by atoms with Crippen molar-refractivity contribution in [2.45, 2.75) is 47.3 Å². The maximum atomic E-state index is 13.2. The number of nitrogens with zero attached hydrogens (tertiary/aromatic N) is 2. The Hall–Kier alpha value is -3.34. The number of para-hydroxylation sites is 2. The molecule has 0 saturated carbocycles. The molecule has 1 saturated heterocycles. The van der Waals surface area contributed by atoms with Crippen LogP contribution in [0, 0.1) is 6.92 Å². The standard InChI is InChI=1S/C29H31N3O5S2/c1-21-13-14-22(19-27(21)39(35,36)31-16-7-2-8-17-31)30-28(33)20-37-29(34)15-18-32-23-9-3-5-11-25(23)38-26-12-6-4-10-24(26)32/h3-6,9-14,19H,2,7-8,15-18,20H2,1H3,(H,30,33). The van der Waals surface area contributed by atoms with Gasteiger partial charge in [0, 0.05) is 35.1 Å². The van der Waals surface area contributed by atoms with Gasteiger partial charge in [0.1, 0.15) is 0 Å². The largest absolute Gasteiger partial charge is 0.456 e. The number of carbonyl (C=O) groups is 2. The average Bonchev–Trinajstić information content (AvgIpc) is 2.95. The monoisotopic (exact) mass is 565 g/mol. The summed E-state index contributed by atoms with van der Waals surface area (Å²) in [5.74, 6) is -1.02. The van der Waals surface area contributed by atoms with Crippen molar-refractivity contribution in [2.24, 2.45) is 0 Å². The van der Waals surface area contributed by atoms with Crippen molar-refractivity contribution in [3.05, 3.63) is 72.3 Å². The molecule has 3 aromatic rings. The first-order valence-electron chi connectivity index (χ1n) is 13.0. The van der Waals surface area contributed by atoms with Crippen LogP contribution in [-0.4, -0.2) is 50.8 Å². The zero-order chi connectivity index (χ0) is 27.4. The third-order valence-electron chi connectivity index (χ3n) is 6.84. The fraction of sp³-hybridized carbons (Fsp3) is 0.310. The lowest BCUT2D eigenvalue weighted by atomic mass is 10.2. The Morgan fingerprint density at radius 3 is 2.23 bits per heavy atom. The number of piperidine rings is 1. The fourth-order valence-electron chi connectivity index (χ4n) is 4.84. The normalized spacial score (nSPS) is 15.3. The molecule has 5 rings (SSSR count). The fourth-order valence-corrected chi connectivity index (χ4v) is 7.70. The molecule has 1 N–H and O–H groups in total. The average molecular weight is 566 g/mol. The summed E-state index contributed by atoms with van der Waals surface area (Å²) in [6.07, 6.45) is 2.81. The lowest BCUT2D eigenvalue weighted by molar-refractivity contribution is -0.147. The van der Waals surface area contributed by atoms with Crippen molar-refractivity contribution in [1.29, 1.82) is 0 Å². The summed E-state index contributed by atoms with van der Waals surface area (Å²) in [5.41, 5.74) is 3.02. The predicted molar refractivity (Wildman–Crippen MR) is 152 cm³/mol. The molecule has 10 heteroatoms. The molecule has 2 aliphatic rings. The van der Waals surface area contributed by atoms with Crippen LogP contribution in [0.5, 0.6) is 0 Å². The summed E-state index contributed by atoms with van der Waals surface area (Å²) in [6, 6.07) is 20.9. The minimum atomic E-state index is -3.65. The molecule has 0 aromatic heterocycles. The van der Waals surface area contributed by atoms with Gasteiger partial charge >= 0.3 is 5.97 Å². The van der Waals surface area contributed by atoms with Gasteiger partial charge in [0.25, 0.3) is 5.91 Å². The quantitative estimate of drug-likeness (QED) is 0.368. The van der Waals surface area contributed by atoms with Crippen LogP contribution < -0.4 is 10.2 Å². The SMILES string of the molecule is Cc1ccc(NC(=O)COC(=O)CCN2c3ccccc3Sc3ccccc32)cc1S(=O)(=O)N1CCCCC1. The number of anilines is 3. The van der Waals surface area contributed by atoms with Gasteiger partial charge in [-0.05, 0) is 61.7 Å². The Balaban J connectivity index is 1.17. The lowest BCUT2D eigenvalue weighted by Gasteiger charge is -2.32. The van der Waals surface area contributed by atoms with Crippen molar-refractivity contribution < 1.29 is 22.7 Å². The van der Waals surface area contributed by atoms with Gasteiger partial charge in [0.2, 0.25) is 10.0 Å². The molecule has 0 atom stereocenters. The molecule has 1 amide bonds. The molecule has 39 heavy (non-hydrogen) atoms. The number of carbonyl (C=O) groups excluding carboxylic acids is 2. The molecule has 204 valence electrons. The topological polar surface area (TPSA) is 96.0 Å². The number of benzene rings is 3. The molecular formula is C29H31N3O5S2. The van der Waals surface area contributed by atoms with E-state index >= 15 is 0 Å². The smallest absolute Gasteiger partial charge is 0.308 e. The zero-order valence-electron chi connectivity index (χ0n) is 21.8. The van der Waals surface area contributed by atoms with Crippen LogP contribution in [0.2, 0.25) is 0 Å². The maximum Gasteiger partial charge on any atom is 0.308 e. The molecule has 0 radical (unpaired) electrons. The summed E-state index contributed by atoms with van der Waals surface area (Å²) in [4.78, 5) is 29.6. The van der Waals surface area contributed by atoms with Crippen LogP contribution in [0.3, 0.4) is 0 Å². The van der Waals surface area contributed by atoms with Gasteiger partial charge in [0.05, 0.1) is 22.7 Å². The van der Waals surface area contributed by atoms with Crippen LogP contribution in [0.25, 0.3) is 0 Å². The molecule has 8 nitrogen and oxygen atoms in total. The highest BCUT2D eigenvalue weighted by atomic mass is 32.2. The Morgan fingerprint density at radius 1 is 0.923 bits per heavy atom. The van der Waals surface area contributed by atoms with Crippen LogP contribution >= 0.6 is 11.8 Å². The number of amides is 1. The minimum Gasteiger partial charge on any atom is -0.456 e. The second-order valence-electron chi connectivity index (χ2n) is 9.59. The van der Waals surface area contributed by atoms with Gasteiger partial charge < -0.3 is 15.0 Å². The van der Waals surface area contributed by atoms with E-state index in [1.165, 1.54) is 10.4 Å². The van der Waals surface area contributed by atoms with E-state index in [4.69, 9.17) is 4.74 Å². The second kappa shape index (κ2) is 11.8. The molecule has 0 unspecified atom stereocenters. The number of fused-ring (bicyclic) bond motifs is 2. The highest BCUT2D eigenvalue weighted by Crippen LogP contribution is 2.47. The van der Waals surface area contributed by atoms with Crippen LogP contribution in [0.1, 0.15) is 31.2 Å². The van der Waals surface area contributed by atoms with Gasteiger partial charge in [-0.3, -0.25) is 9.59 Å². The van der Waals surface area contributed by atoms with Crippen LogP contribution in [0.4, 0.5) is 17.1 Å². The Morgan fingerprint density at radius 2 is 1.56 bits per heavy atom. The number of esters is 1. The van der Waals surface area contributed by atoms with E-state index < -0.39 is 28.5 Å². The summed E-state index contributed by atoms with van der Waals surface area (Å²) < 4.78 is 33.1. The van der Waals surface area contributed by atoms with Gasteiger partial charge in [-0.2, -0.15) is 4.31 Å². The molecule has 2 aliphatic heterocycles. The highest BCUT2D eigenvalue weighted by molar-refractivity contribution is 7.99. The van der Waals surface area contributed by atoms with Gasteiger partial charge in [-0.15, -0.1) is 0 Å². The number of nitrogens with one attached hydrogen (secondary N) is 1.